The Balaban J connectivity index is 1.88. The molecule has 0 saturated carbocycles. The fourth-order valence-electron chi connectivity index (χ4n) is 3.56. The Morgan fingerprint density at radius 3 is 2.96 bits per heavy atom. The number of anilines is 1. The van der Waals surface area contributed by atoms with Gasteiger partial charge in [-0.1, -0.05) is 12.1 Å². The molecular formula is C19H20N2O2. The maximum absolute atomic E-state index is 5.67. The molecule has 0 amide bonds. The van der Waals surface area contributed by atoms with Crippen LogP contribution >= 0.6 is 0 Å². The van der Waals surface area contributed by atoms with Gasteiger partial charge in [-0.05, 0) is 44.0 Å². The van der Waals surface area contributed by atoms with E-state index < -0.39 is 0 Å². The van der Waals surface area contributed by atoms with Gasteiger partial charge in [-0.25, -0.2) is 4.98 Å². The number of rotatable bonds is 3. The average Bonchev–Trinajstić information content (AvgIpc) is 3.24. The number of methoxy groups -OCH3 is 1. The average molecular weight is 308 g/mol. The van der Waals surface area contributed by atoms with Gasteiger partial charge in [0.25, 0.3) is 0 Å². The van der Waals surface area contributed by atoms with Crippen LogP contribution in [0.3, 0.4) is 0 Å². The summed E-state index contributed by atoms with van der Waals surface area (Å²) in [5, 5.41) is 1.13. The van der Waals surface area contributed by atoms with Crippen LogP contribution in [0.4, 0.5) is 5.69 Å². The Hall–Kier alpha value is -2.49. The number of para-hydroxylation sites is 1. The van der Waals surface area contributed by atoms with Gasteiger partial charge in [-0.15, -0.1) is 0 Å². The minimum Gasteiger partial charge on any atom is -0.494 e. The van der Waals surface area contributed by atoms with Gasteiger partial charge in [0.05, 0.1) is 19.4 Å². The molecule has 1 atom stereocenters. The number of ether oxygens (including phenoxy) is 1. The van der Waals surface area contributed by atoms with E-state index in [-0.39, 0.29) is 0 Å². The van der Waals surface area contributed by atoms with Gasteiger partial charge in [0.2, 0.25) is 0 Å². The summed E-state index contributed by atoms with van der Waals surface area (Å²) in [5.41, 5.74) is 3.14. The molecule has 0 bridgehead atoms. The van der Waals surface area contributed by atoms with Crippen LogP contribution in [0.5, 0.6) is 5.75 Å². The van der Waals surface area contributed by atoms with Crippen molar-refractivity contribution in [1.82, 2.24) is 4.98 Å². The van der Waals surface area contributed by atoms with Gasteiger partial charge < -0.3 is 14.1 Å². The van der Waals surface area contributed by atoms with Crippen molar-refractivity contribution in [2.75, 3.05) is 18.6 Å². The number of pyridine rings is 1. The highest BCUT2D eigenvalue weighted by Gasteiger charge is 2.29. The summed E-state index contributed by atoms with van der Waals surface area (Å²) >= 11 is 0. The lowest BCUT2D eigenvalue weighted by Crippen LogP contribution is -2.22. The highest BCUT2D eigenvalue weighted by Crippen LogP contribution is 2.40. The van der Waals surface area contributed by atoms with Crippen molar-refractivity contribution in [3.63, 3.8) is 0 Å². The fraction of sp³-hybridized carbons (Fsp3) is 0.316. The first-order chi connectivity index (χ1) is 11.3. The third kappa shape index (κ3) is 2.34. The SMILES string of the molecule is COc1cccc2c(N3CCCC3c3ccco3)cc(C)nc12. The van der Waals surface area contributed by atoms with Crippen molar-refractivity contribution in [2.24, 2.45) is 0 Å². The predicted molar refractivity (Wildman–Crippen MR) is 91.1 cm³/mol. The van der Waals surface area contributed by atoms with Gasteiger partial charge in [0.1, 0.15) is 17.0 Å². The van der Waals surface area contributed by atoms with Crippen LogP contribution < -0.4 is 9.64 Å². The maximum atomic E-state index is 5.67. The van der Waals surface area contributed by atoms with Crippen LogP contribution in [-0.4, -0.2) is 18.6 Å². The second-order valence-corrected chi connectivity index (χ2v) is 6.01. The molecule has 118 valence electrons. The lowest BCUT2D eigenvalue weighted by Gasteiger charge is -2.27. The third-order valence-corrected chi connectivity index (χ3v) is 4.56. The van der Waals surface area contributed by atoms with E-state index in [4.69, 9.17) is 14.1 Å². The number of fused-ring (bicyclic) bond motifs is 1. The van der Waals surface area contributed by atoms with Crippen LogP contribution in [0, 0.1) is 6.92 Å². The topological polar surface area (TPSA) is 38.5 Å². The van der Waals surface area contributed by atoms with Crippen LogP contribution in [0.1, 0.15) is 30.3 Å². The van der Waals surface area contributed by atoms with Gasteiger partial charge >= 0.3 is 0 Å². The van der Waals surface area contributed by atoms with E-state index >= 15 is 0 Å². The number of aromatic nitrogens is 1. The quantitative estimate of drug-likeness (QED) is 0.715. The monoisotopic (exact) mass is 308 g/mol. The molecule has 1 saturated heterocycles. The zero-order chi connectivity index (χ0) is 15.8. The first-order valence-corrected chi connectivity index (χ1v) is 8.02. The van der Waals surface area contributed by atoms with Crippen molar-refractivity contribution >= 4 is 16.6 Å². The number of hydrogen-bond acceptors (Lipinski definition) is 4. The van der Waals surface area contributed by atoms with Crippen molar-refractivity contribution in [2.45, 2.75) is 25.8 Å². The predicted octanol–water partition coefficient (Wildman–Crippen LogP) is 4.49. The minimum atomic E-state index is 0.293. The van der Waals surface area contributed by atoms with E-state index in [0.29, 0.717) is 6.04 Å². The molecule has 0 radical (unpaired) electrons. The van der Waals surface area contributed by atoms with E-state index in [2.05, 4.69) is 23.1 Å². The maximum Gasteiger partial charge on any atom is 0.145 e. The fourth-order valence-corrected chi connectivity index (χ4v) is 3.56. The second-order valence-electron chi connectivity index (χ2n) is 6.01. The van der Waals surface area contributed by atoms with Gasteiger partial charge in [-0.3, -0.25) is 0 Å². The number of hydrogen-bond donors (Lipinski definition) is 0. The van der Waals surface area contributed by atoms with Crippen molar-refractivity contribution < 1.29 is 9.15 Å². The van der Waals surface area contributed by atoms with E-state index in [1.807, 2.05) is 25.1 Å². The Morgan fingerprint density at radius 2 is 2.17 bits per heavy atom. The molecule has 1 fully saturated rings. The van der Waals surface area contributed by atoms with Crippen LogP contribution in [0.15, 0.2) is 47.1 Å². The molecule has 4 heteroatoms. The summed E-state index contributed by atoms with van der Waals surface area (Å²) in [6.07, 6.45) is 4.03. The number of aryl methyl sites for hydroxylation is 1. The molecule has 1 aliphatic heterocycles. The number of benzene rings is 1. The Bertz CT molecular complexity index is 827. The van der Waals surface area contributed by atoms with E-state index in [1.54, 1.807) is 13.4 Å². The lowest BCUT2D eigenvalue weighted by molar-refractivity contribution is 0.419. The Labute approximate surface area is 135 Å². The zero-order valence-corrected chi connectivity index (χ0v) is 13.5. The van der Waals surface area contributed by atoms with Crippen LogP contribution in [0.2, 0.25) is 0 Å². The molecule has 2 aromatic heterocycles. The molecule has 0 N–H and O–H groups in total. The summed E-state index contributed by atoms with van der Waals surface area (Å²) < 4.78 is 11.2. The molecule has 0 spiro atoms. The lowest BCUT2D eigenvalue weighted by atomic mass is 10.1. The van der Waals surface area contributed by atoms with Crippen molar-refractivity contribution in [3.8, 4) is 5.75 Å². The van der Waals surface area contributed by atoms with E-state index in [1.165, 1.54) is 5.69 Å². The summed E-state index contributed by atoms with van der Waals surface area (Å²) in [6.45, 7) is 3.06. The first-order valence-electron chi connectivity index (χ1n) is 8.02. The van der Waals surface area contributed by atoms with Gasteiger partial charge in [-0.2, -0.15) is 0 Å². The van der Waals surface area contributed by atoms with Gasteiger partial charge in [0, 0.05) is 23.3 Å². The third-order valence-electron chi connectivity index (χ3n) is 4.56. The van der Waals surface area contributed by atoms with Crippen LogP contribution in [0.25, 0.3) is 10.9 Å². The number of nitrogens with zero attached hydrogens (tertiary/aromatic N) is 2. The highest BCUT2D eigenvalue weighted by molar-refractivity contribution is 5.95. The summed E-state index contributed by atoms with van der Waals surface area (Å²) in [4.78, 5) is 7.13. The normalized spacial score (nSPS) is 17.8. The molecule has 0 aliphatic carbocycles. The van der Waals surface area contributed by atoms with E-state index in [0.717, 1.165) is 47.5 Å². The Kier molecular flexibility index (Phi) is 3.45. The molecule has 1 unspecified atom stereocenters. The smallest absolute Gasteiger partial charge is 0.145 e. The standard InChI is InChI=1S/C19H20N2O2/c1-13-12-16(14-6-3-8-18(22-2)19(14)20-13)21-10-4-7-15(21)17-9-5-11-23-17/h3,5-6,8-9,11-12,15H,4,7,10H2,1-2H3. The molecule has 1 aliphatic rings. The first kappa shape index (κ1) is 14.1. The highest BCUT2D eigenvalue weighted by atomic mass is 16.5. The van der Waals surface area contributed by atoms with Crippen molar-refractivity contribution in [1.29, 1.82) is 0 Å². The number of furan rings is 1. The molecular weight excluding hydrogens is 288 g/mol. The summed E-state index contributed by atoms with van der Waals surface area (Å²) in [5.74, 6) is 1.86. The molecule has 3 heterocycles. The molecule has 23 heavy (non-hydrogen) atoms. The van der Waals surface area contributed by atoms with Crippen molar-refractivity contribution in [3.05, 3.63) is 54.1 Å². The molecule has 4 rings (SSSR count). The summed E-state index contributed by atoms with van der Waals surface area (Å²) in [7, 11) is 1.69. The molecule has 4 nitrogen and oxygen atoms in total. The van der Waals surface area contributed by atoms with Gasteiger partial charge in [0.15, 0.2) is 0 Å². The summed E-state index contributed by atoms with van der Waals surface area (Å²) in [6, 6.07) is 12.6. The minimum absolute atomic E-state index is 0.293. The zero-order valence-electron chi connectivity index (χ0n) is 13.5. The molecule has 1 aromatic carbocycles. The molecule has 3 aromatic rings. The van der Waals surface area contributed by atoms with Crippen LogP contribution in [-0.2, 0) is 0 Å². The Morgan fingerprint density at radius 1 is 1.26 bits per heavy atom. The van der Waals surface area contributed by atoms with E-state index in [9.17, 15) is 0 Å². The largest absolute Gasteiger partial charge is 0.494 e. The second kappa shape index (κ2) is 5.61.